The quantitative estimate of drug-likeness (QED) is 0.530. The van der Waals surface area contributed by atoms with Gasteiger partial charge < -0.3 is 0 Å². The molecule has 0 heteroatoms. The van der Waals surface area contributed by atoms with Crippen molar-refractivity contribution in [2.45, 2.75) is 40.5 Å². The second-order valence-corrected chi connectivity index (χ2v) is 5.00. The third-order valence-electron chi connectivity index (χ3n) is 2.86. The minimum absolute atomic E-state index is 0.600. The maximum Gasteiger partial charge on any atom is -0.0193 e. The Hall–Kier alpha value is -0.260. The van der Waals surface area contributed by atoms with Crippen LogP contribution < -0.4 is 0 Å². The van der Waals surface area contributed by atoms with Crippen LogP contribution in [0.3, 0.4) is 0 Å². The summed E-state index contributed by atoms with van der Waals surface area (Å²) in [5.74, 6) is 1.50. The first-order chi connectivity index (χ1) is 4.92. The van der Waals surface area contributed by atoms with Crippen LogP contribution in [0.25, 0.3) is 0 Å². The Morgan fingerprint density at radius 1 is 1.36 bits per heavy atom. The standard InChI is InChI=1S/C11H20/c1-8(2)9(3)10-6-11(4,5)7-10/h8,10H,3,6-7H2,1-2,4-5H3. The van der Waals surface area contributed by atoms with Gasteiger partial charge in [0.2, 0.25) is 0 Å². The Morgan fingerprint density at radius 2 is 1.82 bits per heavy atom. The van der Waals surface area contributed by atoms with Crippen LogP contribution in [0.4, 0.5) is 0 Å². The summed E-state index contributed by atoms with van der Waals surface area (Å²) in [4.78, 5) is 0. The Kier molecular flexibility index (Phi) is 2.13. The average Bonchev–Trinajstić information content (AvgIpc) is 1.80. The highest BCUT2D eigenvalue weighted by atomic mass is 14.4. The highest BCUT2D eigenvalue weighted by molar-refractivity contribution is 5.10. The normalized spacial score (nSPS) is 23.4. The number of hydrogen-bond donors (Lipinski definition) is 0. The van der Waals surface area contributed by atoms with Gasteiger partial charge in [-0.15, -0.1) is 0 Å². The molecule has 0 aromatic rings. The summed E-state index contributed by atoms with van der Waals surface area (Å²) < 4.78 is 0. The topological polar surface area (TPSA) is 0 Å². The molecule has 1 rings (SSSR count). The van der Waals surface area contributed by atoms with E-state index in [0.29, 0.717) is 11.3 Å². The number of hydrogen-bond acceptors (Lipinski definition) is 0. The first kappa shape index (κ1) is 8.83. The lowest BCUT2D eigenvalue weighted by molar-refractivity contribution is 0.117. The fourth-order valence-corrected chi connectivity index (χ4v) is 2.01. The molecule has 0 amide bonds. The molecule has 0 N–H and O–H groups in total. The van der Waals surface area contributed by atoms with Gasteiger partial charge in [-0.2, -0.15) is 0 Å². The van der Waals surface area contributed by atoms with E-state index < -0.39 is 0 Å². The molecular weight excluding hydrogens is 132 g/mol. The maximum absolute atomic E-state index is 4.14. The monoisotopic (exact) mass is 152 g/mol. The molecule has 0 aromatic heterocycles. The van der Waals surface area contributed by atoms with Crippen LogP contribution in [0.2, 0.25) is 0 Å². The molecule has 0 aromatic carbocycles. The fourth-order valence-electron chi connectivity index (χ4n) is 2.01. The molecule has 0 nitrogen and oxygen atoms in total. The van der Waals surface area contributed by atoms with E-state index in [1.54, 1.807) is 0 Å². The van der Waals surface area contributed by atoms with Crippen LogP contribution in [0.5, 0.6) is 0 Å². The lowest BCUT2D eigenvalue weighted by Crippen LogP contribution is -2.33. The summed E-state index contributed by atoms with van der Waals surface area (Å²) in [6.07, 6.45) is 2.70. The Morgan fingerprint density at radius 3 is 2.09 bits per heavy atom. The molecule has 0 radical (unpaired) electrons. The van der Waals surface area contributed by atoms with Gasteiger partial charge in [0.15, 0.2) is 0 Å². The average molecular weight is 152 g/mol. The molecule has 1 fully saturated rings. The number of allylic oxidation sites excluding steroid dienone is 1. The van der Waals surface area contributed by atoms with Crippen molar-refractivity contribution < 1.29 is 0 Å². The van der Waals surface area contributed by atoms with Crippen molar-refractivity contribution in [3.05, 3.63) is 12.2 Å². The minimum atomic E-state index is 0.600. The lowest BCUT2D eigenvalue weighted by atomic mass is 9.61. The molecule has 1 saturated carbocycles. The summed E-state index contributed by atoms with van der Waals surface area (Å²) >= 11 is 0. The first-order valence-electron chi connectivity index (χ1n) is 4.61. The Bertz CT molecular complexity index is 155. The van der Waals surface area contributed by atoms with Gasteiger partial charge in [0.05, 0.1) is 0 Å². The Balaban J connectivity index is 2.38. The van der Waals surface area contributed by atoms with E-state index in [-0.39, 0.29) is 0 Å². The maximum atomic E-state index is 4.14. The van der Waals surface area contributed by atoms with Gasteiger partial charge in [-0.05, 0) is 30.1 Å². The van der Waals surface area contributed by atoms with Gasteiger partial charge in [0, 0.05) is 0 Å². The van der Waals surface area contributed by atoms with Crippen LogP contribution in [-0.4, -0.2) is 0 Å². The van der Waals surface area contributed by atoms with E-state index in [1.165, 1.54) is 18.4 Å². The third-order valence-corrected chi connectivity index (χ3v) is 2.86. The van der Waals surface area contributed by atoms with E-state index in [0.717, 1.165) is 5.92 Å². The molecule has 11 heavy (non-hydrogen) atoms. The molecular formula is C11H20. The fraction of sp³-hybridized carbons (Fsp3) is 0.818. The minimum Gasteiger partial charge on any atom is -0.0993 e. The van der Waals surface area contributed by atoms with Crippen molar-refractivity contribution in [1.29, 1.82) is 0 Å². The second kappa shape index (κ2) is 2.66. The lowest BCUT2D eigenvalue weighted by Gasteiger charge is -2.44. The summed E-state index contributed by atoms with van der Waals surface area (Å²) in [5.41, 5.74) is 2.06. The van der Waals surface area contributed by atoms with E-state index in [1.807, 2.05) is 0 Å². The smallest absolute Gasteiger partial charge is 0.0193 e. The zero-order chi connectivity index (χ0) is 8.65. The highest BCUT2D eigenvalue weighted by Gasteiger charge is 2.37. The predicted molar refractivity (Wildman–Crippen MR) is 50.5 cm³/mol. The van der Waals surface area contributed by atoms with Crippen LogP contribution in [0.15, 0.2) is 12.2 Å². The molecule has 64 valence electrons. The van der Waals surface area contributed by atoms with E-state index in [9.17, 15) is 0 Å². The first-order valence-corrected chi connectivity index (χ1v) is 4.61. The van der Waals surface area contributed by atoms with Crippen LogP contribution in [0, 0.1) is 17.3 Å². The highest BCUT2D eigenvalue weighted by Crippen LogP contribution is 2.49. The van der Waals surface area contributed by atoms with Gasteiger partial charge in [0.1, 0.15) is 0 Å². The van der Waals surface area contributed by atoms with Crippen molar-refractivity contribution in [2.24, 2.45) is 17.3 Å². The van der Waals surface area contributed by atoms with Crippen molar-refractivity contribution in [3.63, 3.8) is 0 Å². The summed E-state index contributed by atoms with van der Waals surface area (Å²) in [6.45, 7) is 13.3. The van der Waals surface area contributed by atoms with Gasteiger partial charge in [0.25, 0.3) is 0 Å². The zero-order valence-electron chi connectivity index (χ0n) is 8.28. The van der Waals surface area contributed by atoms with E-state index in [2.05, 4.69) is 34.3 Å². The van der Waals surface area contributed by atoms with Crippen LogP contribution in [0.1, 0.15) is 40.5 Å². The molecule has 0 aliphatic heterocycles. The second-order valence-electron chi connectivity index (χ2n) is 5.00. The molecule has 1 aliphatic rings. The Labute approximate surface area is 70.7 Å². The van der Waals surface area contributed by atoms with Gasteiger partial charge >= 0.3 is 0 Å². The summed E-state index contributed by atoms with van der Waals surface area (Å²) in [5, 5.41) is 0. The van der Waals surface area contributed by atoms with Crippen LogP contribution in [-0.2, 0) is 0 Å². The molecule has 0 heterocycles. The molecule has 1 aliphatic carbocycles. The molecule has 0 atom stereocenters. The van der Waals surface area contributed by atoms with Gasteiger partial charge in [-0.25, -0.2) is 0 Å². The van der Waals surface area contributed by atoms with Crippen molar-refractivity contribution in [2.75, 3.05) is 0 Å². The molecule has 0 saturated heterocycles. The zero-order valence-corrected chi connectivity index (χ0v) is 8.28. The summed E-state index contributed by atoms with van der Waals surface area (Å²) in [6, 6.07) is 0. The van der Waals surface area contributed by atoms with Gasteiger partial charge in [-0.3, -0.25) is 0 Å². The van der Waals surface area contributed by atoms with Crippen molar-refractivity contribution in [3.8, 4) is 0 Å². The summed E-state index contributed by atoms with van der Waals surface area (Å²) in [7, 11) is 0. The van der Waals surface area contributed by atoms with E-state index in [4.69, 9.17) is 0 Å². The van der Waals surface area contributed by atoms with Crippen LogP contribution >= 0.6 is 0 Å². The van der Waals surface area contributed by atoms with Crippen molar-refractivity contribution >= 4 is 0 Å². The molecule has 0 spiro atoms. The predicted octanol–water partition coefficient (Wildman–Crippen LogP) is 3.63. The SMILES string of the molecule is C=C(C(C)C)C1CC(C)(C)C1. The van der Waals surface area contributed by atoms with Crippen molar-refractivity contribution in [1.82, 2.24) is 0 Å². The molecule has 0 bridgehead atoms. The third kappa shape index (κ3) is 1.85. The van der Waals surface area contributed by atoms with Gasteiger partial charge in [-0.1, -0.05) is 39.8 Å². The largest absolute Gasteiger partial charge is 0.0993 e. The van der Waals surface area contributed by atoms with E-state index >= 15 is 0 Å². The molecule has 0 unspecified atom stereocenters. The number of rotatable bonds is 2.